The summed E-state index contributed by atoms with van der Waals surface area (Å²) in [5.74, 6) is 1.37. The maximum Gasteiger partial charge on any atom is 0.238 e. The second kappa shape index (κ2) is 5.35. The van der Waals surface area contributed by atoms with Crippen molar-refractivity contribution in [1.29, 1.82) is 0 Å². The fraction of sp³-hybridized carbons (Fsp3) is 0.231. The van der Waals surface area contributed by atoms with Crippen LogP contribution in [-0.2, 0) is 13.0 Å². The monoisotopic (exact) mass is 244 g/mol. The van der Waals surface area contributed by atoms with Gasteiger partial charge in [0, 0.05) is 17.8 Å². The Morgan fingerprint density at radius 3 is 3.06 bits per heavy atom. The molecule has 0 spiro atoms. The molecule has 0 aliphatic rings. The quantitative estimate of drug-likeness (QED) is 0.648. The molecule has 1 aromatic heterocycles. The zero-order valence-electron chi connectivity index (χ0n) is 10.3. The van der Waals surface area contributed by atoms with Crippen molar-refractivity contribution in [2.45, 2.75) is 19.9 Å². The van der Waals surface area contributed by atoms with E-state index in [4.69, 9.17) is 10.5 Å². The number of hydrogen-bond acceptors (Lipinski definition) is 4. The number of aryl methyl sites for hydroxylation is 1. The molecule has 0 saturated heterocycles. The van der Waals surface area contributed by atoms with E-state index in [2.05, 4.69) is 16.9 Å². The third-order valence-corrected chi connectivity index (χ3v) is 2.55. The van der Waals surface area contributed by atoms with Crippen molar-refractivity contribution in [1.82, 2.24) is 15.0 Å². The van der Waals surface area contributed by atoms with Gasteiger partial charge in [-0.2, -0.15) is 0 Å². The number of benzene rings is 1. The van der Waals surface area contributed by atoms with E-state index in [-0.39, 0.29) is 0 Å². The Balaban J connectivity index is 2.30. The lowest BCUT2D eigenvalue weighted by atomic mass is 10.1. The van der Waals surface area contributed by atoms with E-state index >= 15 is 0 Å². The summed E-state index contributed by atoms with van der Waals surface area (Å²) in [6.07, 6.45) is 4.11. The Kier molecular flexibility index (Phi) is 3.62. The Morgan fingerprint density at radius 2 is 2.33 bits per heavy atom. The molecule has 5 heteroatoms. The molecule has 0 atom stereocenters. The third kappa shape index (κ3) is 2.51. The number of anilines is 1. The van der Waals surface area contributed by atoms with Gasteiger partial charge >= 0.3 is 0 Å². The van der Waals surface area contributed by atoms with E-state index in [1.165, 1.54) is 0 Å². The molecular formula is C13H16N4O. The van der Waals surface area contributed by atoms with E-state index in [9.17, 15) is 0 Å². The number of ether oxygens (including phenoxy) is 1. The highest BCUT2D eigenvalue weighted by Crippen LogP contribution is 2.27. The summed E-state index contributed by atoms with van der Waals surface area (Å²) in [6.45, 7) is 6.42. The van der Waals surface area contributed by atoms with Gasteiger partial charge in [0.05, 0.1) is 0 Å². The van der Waals surface area contributed by atoms with E-state index in [1.807, 2.05) is 31.2 Å². The first-order valence-corrected chi connectivity index (χ1v) is 5.80. The van der Waals surface area contributed by atoms with E-state index in [0.717, 1.165) is 11.3 Å². The largest absolute Gasteiger partial charge is 0.437 e. The molecule has 0 fully saturated rings. The van der Waals surface area contributed by atoms with E-state index in [0.29, 0.717) is 24.5 Å². The molecule has 2 rings (SSSR count). The average molecular weight is 244 g/mol. The highest BCUT2D eigenvalue weighted by Gasteiger charge is 2.08. The zero-order valence-corrected chi connectivity index (χ0v) is 10.3. The highest BCUT2D eigenvalue weighted by atomic mass is 16.5. The second-order valence-electron chi connectivity index (χ2n) is 3.85. The van der Waals surface area contributed by atoms with Crippen molar-refractivity contribution >= 4 is 5.69 Å². The normalized spacial score (nSPS) is 10.3. The minimum absolute atomic E-state index is 0.618. The van der Waals surface area contributed by atoms with Crippen LogP contribution in [0.25, 0.3) is 0 Å². The predicted octanol–water partition coefficient (Wildman–Crippen LogP) is 2.40. The van der Waals surface area contributed by atoms with Crippen molar-refractivity contribution in [2.24, 2.45) is 0 Å². The van der Waals surface area contributed by atoms with Crippen LogP contribution in [0.1, 0.15) is 12.5 Å². The van der Waals surface area contributed by atoms with Crippen LogP contribution in [0, 0.1) is 0 Å². The number of rotatable bonds is 5. The lowest BCUT2D eigenvalue weighted by Crippen LogP contribution is -2.01. The molecule has 0 radical (unpaired) electrons. The summed E-state index contributed by atoms with van der Waals surface area (Å²) in [6, 6.07) is 5.54. The van der Waals surface area contributed by atoms with Gasteiger partial charge in [0.15, 0.2) is 0 Å². The first kappa shape index (κ1) is 12.2. The van der Waals surface area contributed by atoms with E-state index < -0.39 is 0 Å². The van der Waals surface area contributed by atoms with Gasteiger partial charge in [-0.3, -0.25) is 0 Å². The predicted molar refractivity (Wildman–Crippen MR) is 70.5 cm³/mol. The molecule has 5 nitrogen and oxygen atoms in total. The second-order valence-corrected chi connectivity index (χ2v) is 3.85. The SMILES string of the molecule is C=CCc1cc(N)ccc1Oc1cnnn1CC. The first-order valence-electron chi connectivity index (χ1n) is 5.80. The number of allylic oxidation sites excluding steroid dienone is 1. The topological polar surface area (TPSA) is 66.0 Å². The van der Waals surface area contributed by atoms with Crippen LogP contribution in [-0.4, -0.2) is 15.0 Å². The molecular weight excluding hydrogens is 228 g/mol. The molecule has 1 aromatic carbocycles. The molecule has 18 heavy (non-hydrogen) atoms. The summed E-state index contributed by atoms with van der Waals surface area (Å²) in [5, 5.41) is 7.75. The number of nitrogens with zero attached hydrogens (tertiary/aromatic N) is 3. The summed E-state index contributed by atoms with van der Waals surface area (Å²) in [5.41, 5.74) is 7.47. The van der Waals surface area contributed by atoms with Gasteiger partial charge in [-0.15, -0.1) is 11.7 Å². The minimum Gasteiger partial charge on any atom is -0.437 e. The maximum atomic E-state index is 5.81. The summed E-state index contributed by atoms with van der Waals surface area (Å²) < 4.78 is 7.50. The smallest absolute Gasteiger partial charge is 0.238 e. The van der Waals surface area contributed by atoms with Crippen molar-refractivity contribution < 1.29 is 4.74 Å². The minimum atomic E-state index is 0.618. The molecule has 0 saturated carbocycles. The molecule has 2 aromatic rings. The van der Waals surface area contributed by atoms with Crippen LogP contribution in [0.4, 0.5) is 5.69 Å². The number of nitrogens with two attached hydrogens (primary N) is 1. The Hall–Kier alpha value is -2.30. The van der Waals surface area contributed by atoms with Crippen LogP contribution < -0.4 is 10.5 Å². The maximum absolute atomic E-state index is 5.81. The zero-order chi connectivity index (χ0) is 13.0. The molecule has 2 N–H and O–H groups in total. The standard InChI is InChI=1S/C13H16N4O/c1-3-5-10-8-11(14)6-7-12(10)18-13-9-15-16-17(13)4-2/h3,6-9H,1,4-5,14H2,2H3. The molecule has 94 valence electrons. The Morgan fingerprint density at radius 1 is 1.50 bits per heavy atom. The van der Waals surface area contributed by atoms with Crippen molar-refractivity contribution in [3.63, 3.8) is 0 Å². The van der Waals surface area contributed by atoms with Gasteiger partial charge in [-0.1, -0.05) is 11.3 Å². The molecule has 0 unspecified atom stereocenters. The van der Waals surface area contributed by atoms with Gasteiger partial charge in [0.1, 0.15) is 11.9 Å². The average Bonchev–Trinajstić information content (AvgIpc) is 2.80. The number of hydrogen-bond donors (Lipinski definition) is 1. The van der Waals surface area contributed by atoms with Gasteiger partial charge < -0.3 is 10.5 Å². The molecule has 1 heterocycles. The molecule has 0 aliphatic heterocycles. The van der Waals surface area contributed by atoms with Crippen molar-refractivity contribution in [2.75, 3.05) is 5.73 Å². The van der Waals surface area contributed by atoms with Crippen molar-refractivity contribution in [3.05, 3.63) is 42.6 Å². The van der Waals surface area contributed by atoms with Gasteiger partial charge in [0.2, 0.25) is 5.88 Å². The fourth-order valence-corrected chi connectivity index (χ4v) is 1.67. The van der Waals surface area contributed by atoms with Crippen LogP contribution >= 0.6 is 0 Å². The van der Waals surface area contributed by atoms with Crippen LogP contribution in [0.3, 0.4) is 0 Å². The summed E-state index contributed by atoms with van der Waals surface area (Å²) in [7, 11) is 0. The summed E-state index contributed by atoms with van der Waals surface area (Å²) in [4.78, 5) is 0. The fourth-order valence-electron chi connectivity index (χ4n) is 1.67. The first-order chi connectivity index (χ1) is 8.74. The number of nitrogen functional groups attached to an aromatic ring is 1. The molecule has 0 bridgehead atoms. The summed E-state index contributed by atoms with van der Waals surface area (Å²) >= 11 is 0. The lowest BCUT2D eigenvalue weighted by Gasteiger charge is -2.10. The Labute approximate surface area is 106 Å². The Bertz CT molecular complexity index is 548. The van der Waals surface area contributed by atoms with Crippen LogP contribution in [0.5, 0.6) is 11.6 Å². The van der Waals surface area contributed by atoms with Gasteiger partial charge in [0.25, 0.3) is 0 Å². The van der Waals surface area contributed by atoms with Crippen LogP contribution in [0.15, 0.2) is 37.1 Å². The van der Waals surface area contributed by atoms with Gasteiger partial charge in [-0.25, -0.2) is 4.68 Å². The van der Waals surface area contributed by atoms with Gasteiger partial charge in [-0.05, 0) is 31.5 Å². The number of aromatic nitrogens is 3. The third-order valence-electron chi connectivity index (χ3n) is 2.55. The highest BCUT2D eigenvalue weighted by molar-refractivity contribution is 5.49. The molecule has 0 amide bonds. The lowest BCUT2D eigenvalue weighted by molar-refractivity contribution is 0.412. The van der Waals surface area contributed by atoms with Crippen LogP contribution in [0.2, 0.25) is 0 Å². The van der Waals surface area contributed by atoms with Crippen molar-refractivity contribution in [3.8, 4) is 11.6 Å². The van der Waals surface area contributed by atoms with E-state index in [1.54, 1.807) is 10.9 Å². The molecule has 0 aliphatic carbocycles.